The topological polar surface area (TPSA) is 74.1 Å². The van der Waals surface area contributed by atoms with Crippen LogP contribution in [0.15, 0.2) is 13.7 Å². The standard InChI is InChI=1S/C11H15N3O3/c1-4-5-10-12-14(11(15)16-10)6-9-7(2)13-17-8(9)3/h4-6H2,1-3H3. The van der Waals surface area contributed by atoms with Crippen LogP contribution in [0.4, 0.5) is 0 Å². The van der Waals surface area contributed by atoms with Crippen molar-refractivity contribution in [2.75, 3.05) is 0 Å². The van der Waals surface area contributed by atoms with E-state index in [0.717, 1.165) is 17.7 Å². The van der Waals surface area contributed by atoms with Crippen molar-refractivity contribution in [3.63, 3.8) is 0 Å². The molecule has 0 saturated heterocycles. The highest BCUT2D eigenvalue weighted by molar-refractivity contribution is 5.20. The number of hydrogen-bond donors (Lipinski definition) is 0. The molecule has 0 spiro atoms. The van der Waals surface area contributed by atoms with Gasteiger partial charge < -0.3 is 8.94 Å². The van der Waals surface area contributed by atoms with Crippen LogP contribution in [0.1, 0.15) is 36.3 Å². The lowest BCUT2D eigenvalue weighted by atomic mass is 10.2. The molecule has 0 aliphatic heterocycles. The summed E-state index contributed by atoms with van der Waals surface area (Å²) in [5, 5.41) is 7.96. The Balaban J connectivity index is 2.27. The number of aromatic nitrogens is 3. The zero-order valence-electron chi connectivity index (χ0n) is 10.2. The van der Waals surface area contributed by atoms with Crippen LogP contribution in [0.25, 0.3) is 0 Å². The fourth-order valence-corrected chi connectivity index (χ4v) is 1.64. The van der Waals surface area contributed by atoms with E-state index in [2.05, 4.69) is 10.3 Å². The molecule has 0 aliphatic rings. The van der Waals surface area contributed by atoms with Crippen molar-refractivity contribution >= 4 is 0 Å². The molecule has 6 nitrogen and oxygen atoms in total. The summed E-state index contributed by atoms with van der Waals surface area (Å²) in [6.45, 7) is 6.00. The van der Waals surface area contributed by atoms with Gasteiger partial charge in [-0.15, -0.1) is 5.10 Å². The maximum atomic E-state index is 11.5. The number of rotatable bonds is 4. The summed E-state index contributed by atoms with van der Waals surface area (Å²) in [5.41, 5.74) is 1.65. The SMILES string of the molecule is CCCc1nn(Cc2c(C)noc2C)c(=O)o1. The third kappa shape index (κ3) is 2.30. The summed E-state index contributed by atoms with van der Waals surface area (Å²) < 4.78 is 11.4. The zero-order valence-corrected chi connectivity index (χ0v) is 10.2. The molecule has 17 heavy (non-hydrogen) atoms. The van der Waals surface area contributed by atoms with E-state index in [9.17, 15) is 4.79 Å². The molecule has 0 saturated carbocycles. The molecule has 0 aliphatic carbocycles. The van der Waals surface area contributed by atoms with Gasteiger partial charge in [-0.3, -0.25) is 0 Å². The Morgan fingerprint density at radius 3 is 2.71 bits per heavy atom. The van der Waals surface area contributed by atoms with Gasteiger partial charge >= 0.3 is 5.76 Å². The van der Waals surface area contributed by atoms with Crippen LogP contribution in [0.2, 0.25) is 0 Å². The quantitative estimate of drug-likeness (QED) is 0.804. The summed E-state index contributed by atoms with van der Waals surface area (Å²) >= 11 is 0. The summed E-state index contributed by atoms with van der Waals surface area (Å²) in [4.78, 5) is 11.5. The van der Waals surface area contributed by atoms with Crippen molar-refractivity contribution in [1.29, 1.82) is 0 Å². The van der Waals surface area contributed by atoms with Gasteiger partial charge in [0.15, 0.2) is 0 Å². The number of nitrogens with zero attached hydrogens (tertiary/aromatic N) is 3. The Morgan fingerprint density at radius 2 is 2.12 bits per heavy atom. The predicted molar refractivity (Wildman–Crippen MR) is 59.8 cm³/mol. The Hall–Kier alpha value is -1.85. The molecular formula is C11H15N3O3. The van der Waals surface area contributed by atoms with Gasteiger partial charge in [-0.25, -0.2) is 4.79 Å². The van der Waals surface area contributed by atoms with E-state index in [1.807, 2.05) is 20.8 Å². The average molecular weight is 237 g/mol. The van der Waals surface area contributed by atoms with Crippen molar-refractivity contribution in [2.24, 2.45) is 0 Å². The van der Waals surface area contributed by atoms with Crippen molar-refractivity contribution in [3.05, 3.63) is 33.5 Å². The van der Waals surface area contributed by atoms with Crippen LogP contribution >= 0.6 is 0 Å². The van der Waals surface area contributed by atoms with E-state index in [1.165, 1.54) is 4.68 Å². The lowest BCUT2D eigenvalue weighted by Crippen LogP contribution is -2.17. The largest absolute Gasteiger partial charge is 0.437 e. The average Bonchev–Trinajstić information content (AvgIpc) is 2.77. The molecule has 0 fully saturated rings. The van der Waals surface area contributed by atoms with Gasteiger partial charge in [0.25, 0.3) is 0 Å². The summed E-state index contributed by atoms with van der Waals surface area (Å²) in [6, 6.07) is 0. The molecule has 0 aromatic carbocycles. The fourth-order valence-electron chi connectivity index (χ4n) is 1.64. The van der Waals surface area contributed by atoms with Crippen molar-refractivity contribution in [3.8, 4) is 0 Å². The van der Waals surface area contributed by atoms with Gasteiger partial charge in [-0.05, 0) is 20.3 Å². The smallest absolute Gasteiger partial charge is 0.392 e. The summed E-state index contributed by atoms with van der Waals surface area (Å²) in [7, 11) is 0. The van der Waals surface area contributed by atoms with Gasteiger partial charge in [-0.1, -0.05) is 12.1 Å². The first-order valence-corrected chi connectivity index (χ1v) is 5.60. The van der Waals surface area contributed by atoms with Gasteiger partial charge in [0.05, 0.1) is 12.2 Å². The summed E-state index contributed by atoms with van der Waals surface area (Å²) in [6.07, 6.45) is 1.56. The first-order valence-electron chi connectivity index (χ1n) is 5.60. The highest BCUT2D eigenvalue weighted by atomic mass is 16.5. The van der Waals surface area contributed by atoms with Crippen molar-refractivity contribution in [2.45, 2.75) is 40.2 Å². The second kappa shape index (κ2) is 4.57. The first-order chi connectivity index (χ1) is 8.11. The second-order valence-electron chi connectivity index (χ2n) is 3.97. The third-order valence-corrected chi connectivity index (χ3v) is 2.60. The third-order valence-electron chi connectivity index (χ3n) is 2.60. The molecule has 0 unspecified atom stereocenters. The van der Waals surface area contributed by atoms with E-state index in [-0.39, 0.29) is 0 Å². The predicted octanol–water partition coefficient (Wildman–Crippen LogP) is 1.44. The van der Waals surface area contributed by atoms with Crippen LogP contribution < -0.4 is 5.76 Å². The van der Waals surface area contributed by atoms with Crippen LogP contribution in [0, 0.1) is 13.8 Å². The molecule has 2 aromatic rings. The molecule has 2 aromatic heterocycles. The van der Waals surface area contributed by atoms with E-state index in [4.69, 9.17) is 8.94 Å². The highest BCUT2D eigenvalue weighted by Crippen LogP contribution is 2.12. The minimum Gasteiger partial charge on any atom is -0.392 e. The van der Waals surface area contributed by atoms with E-state index in [0.29, 0.717) is 24.6 Å². The van der Waals surface area contributed by atoms with Crippen molar-refractivity contribution < 1.29 is 8.94 Å². The monoisotopic (exact) mass is 237 g/mol. The molecule has 2 rings (SSSR count). The van der Waals surface area contributed by atoms with Crippen molar-refractivity contribution in [1.82, 2.24) is 14.9 Å². The van der Waals surface area contributed by atoms with Crippen LogP contribution in [0.3, 0.4) is 0 Å². The normalized spacial score (nSPS) is 11.0. The van der Waals surface area contributed by atoms with E-state index >= 15 is 0 Å². The second-order valence-corrected chi connectivity index (χ2v) is 3.97. The van der Waals surface area contributed by atoms with Gasteiger partial charge in [-0.2, -0.15) is 4.68 Å². The highest BCUT2D eigenvalue weighted by Gasteiger charge is 2.13. The molecule has 6 heteroatoms. The Labute approximate surface area is 98.2 Å². The van der Waals surface area contributed by atoms with Gasteiger partial charge in [0, 0.05) is 12.0 Å². The van der Waals surface area contributed by atoms with Gasteiger partial charge in [0.2, 0.25) is 5.89 Å². The lowest BCUT2D eigenvalue weighted by molar-refractivity contribution is 0.391. The maximum absolute atomic E-state index is 11.5. The Kier molecular flexibility index (Phi) is 3.12. The zero-order chi connectivity index (χ0) is 12.4. The van der Waals surface area contributed by atoms with E-state index in [1.54, 1.807) is 0 Å². The molecule has 92 valence electrons. The molecular weight excluding hydrogens is 222 g/mol. The van der Waals surface area contributed by atoms with Crippen LogP contribution in [-0.2, 0) is 13.0 Å². The number of aryl methyl sites for hydroxylation is 3. The molecule has 0 N–H and O–H groups in total. The molecule has 0 bridgehead atoms. The first kappa shape index (κ1) is 11.6. The van der Waals surface area contributed by atoms with E-state index < -0.39 is 5.76 Å². The fraction of sp³-hybridized carbons (Fsp3) is 0.545. The molecule has 0 atom stereocenters. The molecule has 0 amide bonds. The summed E-state index contributed by atoms with van der Waals surface area (Å²) in [5.74, 6) is 0.743. The minimum atomic E-state index is -0.437. The lowest BCUT2D eigenvalue weighted by Gasteiger charge is -1.97. The van der Waals surface area contributed by atoms with Gasteiger partial charge in [0.1, 0.15) is 5.76 Å². The maximum Gasteiger partial charge on any atom is 0.437 e. The Morgan fingerprint density at radius 1 is 1.35 bits per heavy atom. The minimum absolute atomic E-state index is 0.340. The molecule has 2 heterocycles. The number of hydrogen-bond acceptors (Lipinski definition) is 5. The van der Waals surface area contributed by atoms with Crippen LogP contribution in [-0.4, -0.2) is 14.9 Å². The van der Waals surface area contributed by atoms with Crippen LogP contribution in [0.5, 0.6) is 0 Å². The Bertz CT molecular complexity index is 545. The molecule has 0 radical (unpaired) electrons.